The van der Waals surface area contributed by atoms with Gasteiger partial charge in [0.2, 0.25) is 0 Å². The van der Waals surface area contributed by atoms with Gasteiger partial charge in [-0.2, -0.15) is 5.10 Å². The van der Waals surface area contributed by atoms with E-state index in [-0.39, 0.29) is 5.91 Å². The van der Waals surface area contributed by atoms with Crippen molar-refractivity contribution in [3.05, 3.63) is 100 Å². The molecule has 0 aliphatic carbocycles. The van der Waals surface area contributed by atoms with Crippen LogP contribution in [0.4, 0.5) is 0 Å². The quantitative estimate of drug-likeness (QED) is 0.391. The number of benzene rings is 3. The smallest absolute Gasteiger partial charge is 0.273 e. The molecule has 0 saturated carbocycles. The topological polar surface area (TPSA) is 59.9 Å². The summed E-state index contributed by atoms with van der Waals surface area (Å²) < 4.78 is 12.1. The van der Waals surface area contributed by atoms with Crippen LogP contribution in [0.5, 0.6) is 5.75 Å². The first-order valence-electron chi connectivity index (χ1n) is 9.03. The number of nitrogens with zero attached hydrogens (tertiary/aromatic N) is 1. The first-order valence-corrected chi connectivity index (χ1v) is 9.83. The summed E-state index contributed by atoms with van der Waals surface area (Å²) in [5.41, 5.74) is 5.17. The number of carbonyl (C=O) groups excluding carboxylic acids is 1. The van der Waals surface area contributed by atoms with E-state index < -0.39 is 6.10 Å². The Morgan fingerprint density at radius 2 is 1.86 bits per heavy atom. The van der Waals surface area contributed by atoms with Crippen LogP contribution in [0, 0.1) is 0 Å². The number of methoxy groups -OCH3 is 1. The van der Waals surface area contributed by atoms with Gasteiger partial charge in [0.25, 0.3) is 5.91 Å². The number of halogens is 1. The molecule has 1 atom stereocenters. The third kappa shape index (κ3) is 6.27. The first kappa shape index (κ1) is 20.8. The van der Waals surface area contributed by atoms with Crippen LogP contribution in [0.3, 0.4) is 0 Å². The molecule has 5 nitrogen and oxygen atoms in total. The fourth-order valence-corrected chi connectivity index (χ4v) is 3.18. The van der Waals surface area contributed by atoms with E-state index in [9.17, 15) is 4.79 Å². The standard InChI is InChI=1S/C23H21BrN2O3/c1-28-22(19-9-3-2-4-10-19)23(27)26-25-15-17-7-6-12-21(14-17)29-16-18-8-5-11-20(24)13-18/h2-15,22H,16H2,1H3,(H,26,27)/b25-15-/t22-/m1/s1. The molecule has 0 fully saturated rings. The van der Waals surface area contributed by atoms with Crippen molar-refractivity contribution in [2.45, 2.75) is 12.7 Å². The Balaban J connectivity index is 1.58. The summed E-state index contributed by atoms with van der Waals surface area (Å²) >= 11 is 3.45. The molecule has 3 rings (SSSR count). The fraction of sp³-hybridized carbons (Fsp3) is 0.130. The van der Waals surface area contributed by atoms with Gasteiger partial charge in [0.15, 0.2) is 6.10 Å². The van der Waals surface area contributed by atoms with E-state index >= 15 is 0 Å². The van der Waals surface area contributed by atoms with Crippen molar-refractivity contribution in [3.8, 4) is 5.75 Å². The summed E-state index contributed by atoms with van der Waals surface area (Å²) in [5.74, 6) is 0.385. The van der Waals surface area contributed by atoms with E-state index in [2.05, 4.69) is 26.5 Å². The predicted octanol–water partition coefficient (Wildman–Crippen LogP) is 4.87. The Bertz CT molecular complexity index is 977. The van der Waals surface area contributed by atoms with Crippen molar-refractivity contribution in [2.75, 3.05) is 7.11 Å². The van der Waals surface area contributed by atoms with Crippen LogP contribution in [-0.2, 0) is 16.1 Å². The molecule has 29 heavy (non-hydrogen) atoms. The van der Waals surface area contributed by atoms with Crippen molar-refractivity contribution in [1.29, 1.82) is 0 Å². The van der Waals surface area contributed by atoms with Gasteiger partial charge in [0, 0.05) is 11.6 Å². The van der Waals surface area contributed by atoms with E-state index in [1.54, 1.807) is 6.21 Å². The number of rotatable bonds is 8. The largest absolute Gasteiger partial charge is 0.489 e. The predicted molar refractivity (Wildman–Crippen MR) is 117 cm³/mol. The summed E-state index contributed by atoms with van der Waals surface area (Å²) in [7, 11) is 1.49. The molecular formula is C23H21BrN2O3. The number of hydrogen-bond acceptors (Lipinski definition) is 4. The number of ether oxygens (including phenoxy) is 2. The Hall–Kier alpha value is -2.96. The maximum atomic E-state index is 12.3. The minimum absolute atomic E-state index is 0.336. The number of nitrogens with one attached hydrogen (secondary N) is 1. The summed E-state index contributed by atoms with van der Waals surface area (Å²) in [5, 5.41) is 4.04. The SMILES string of the molecule is CO[C@@H](C(=O)N/N=C\c1cccc(OCc2cccc(Br)c2)c1)c1ccccc1. The molecule has 6 heteroatoms. The highest BCUT2D eigenvalue weighted by molar-refractivity contribution is 9.10. The molecule has 1 amide bonds. The zero-order valence-electron chi connectivity index (χ0n) is 15.9. The normalized spacial score (nSPS) is 11.9. The van der Waals surface area contributed by atoms with Gasteiger partial charge in [-0.15, -0.1) is 0 Å². The Kier molecular flexibility index (Phi) is 7.55. The molecule has 0 bridgehead atoms. The van der Waals surface area contributed by atoms with Crippen molar-refractivity contribution in [2.24, 2.45) is 5.10 Å². The lowest BCUT2D eigenvalue weighted by atomic mass is 10.1. The lowest BCUT2D eigenvalue weighted by molar-refractivity contribution is -0.131. The second-order valence-electron chi connectivity index (χ2n) is 6.25. The van der Waals surface area contributed by atoms with Crippen LogP contribution in [-0.4, -0.2) is 19.2 Å². The molecule has 0 saturated heterocycles. The lowest BCUT2D eigenvalue weighted by Crippen LogP contribution is -2.26. The van der Waals surface area contributed by atoms with Crippen LogP contribution in [0.25, 0.3) is 0 Å². The number of carbonyl (C=O) groups is 1. The van der Waals surface area contributed by atoms with Gasteiger partial charge in [0.05, 0.1) is 6.21 Å². The second-order valence-corrected chi connectivity index (χ2v) is 7.17. The second kappa shape index (κ2) is 10.5. The maximum absolute atomic E-state index is 12.3. The summed E-state index contributed by atoms with van der Waals surface area (Å²) in [6, 6.07) is 24.7. The van der Waals surface area contributed by atoms with Gasteiger partial charge in [-0.3, -0.25) is 4.79 Å². The van der Waals surface area contributed by atoms with E-state index in [1.165, 1.54) is 7.11 Å². The molecule has 3 aromatic rings. The molecule has 0 aliphatic rings. The van der Waals surface area contributed by atoms with Crippen molar-refractivity contribution in [3.63, 3.8) is 0 Å². The van der Waals surface area contributed by atoms with Crippen LogP contribution in [0.1, 0.15) is 22.8 Å². The maximum Gasteiger partial charge on any atom is 0.273 e. The third-order valence-electron chi connectivity index (χ3n) is 4.12. The van der Waals surface area contributed by atoms with Gasteiger partial charge in [-0.1, -0.05) is 70.5 Å². The molecule has 0 aliphatic heterocycles. The zero-order valence-corrected chi connectivity index (χ0v) is 17.5. The molecule has 1 N–H and O–H groups in total. The van der Waals surface area contributed by atoms with E-state index in [0.717, 1.165) is 26.9 Å². The monoisotopic (exact) mass is 452 g/mol. The number of hydrazone groups is 1. The van der Waals surface area contributed by atoms with Crippen LogP contribution in [0.2, 0.25) is 0 Å². The van der Waals surface area contributed by atoms with Gasteiger partial charge < -0.3 is 9.47 Å². The minimum Gasteiger partial charge on any atom is -0.489 e. The average Bonchev–Trinajstić information content (AvgIpc) is 2.74. The van der Waals surface area contributed by atoms with Crippen LogP contribution >= 0.6 is 15.9 Å². The molecule has 148 valence electrons. The van der Waals surface area contributed by atoms with Crippen LogP contribution in [0.15, 0.2) is 88.4 Å². The summed E-state index contributed by atoms with van der Waals surface area (Å²) in [6.45, 7) is 0.462. The van der Waals surface area contributed by atoms with Crippen molar-refractivity contribution in [1.82, 2.24) is 5.43 Å². The van der Waals surface area contributed by atoms with E-state index in [0.29, 0.717) is 6.61 Å². The highest BCUT2D eigenvalue weighted by atomic mass is 79.9. The van der Waals surface area contributed by atoms with Gasteiger partial charge in [-0.25, -0.2) is 5.43 Å². The summed E-state index contributed by atoms with van der Waals surface area (Å²) in [4.78, 5) is 12.3. The average molecular weight is 453 g/mol. The van der Waals surface area contributed by atoms with Gasteiger partial charge in [-0.05, 0) is 41.0 Å². The van der Waals surface area contributed by atoms with Crippen molar-refractivity contribution >= 4 is 28.1 Å². The molecule has 3 aromatic carbocycles. The number of hydrogen-bond donors (Lipinski definition) is 1. The highest BCUT2D eigenvalue weighted by Gasteiger charge is 2.19. The molecular weight excluding hydrogens is 432 g/mol. The van der Waals surface area contributed by atoms with Crippen molar-refractivity contribution < 1.29 is 14.3 Å². The summed E-state index contributed by atoms with van der Waals surface area (Å²) in [6.07, 6.45) is 0.856. The number of amides is 1. The van der Waals surface area contributed by atoms with E-state index in [1.807, 2.05) is 78.9 Å². The third-order valence-corrected chi connectivity index (χ3v) is 4.61. The van der Waals surface area contributed by atoms with E-state index in [4.69, 9.17) is 9.47 Å². The Morgan fingerprint density at radius 1 is 1.07 bits per heavy atom. The molecule has 0 aromatic heterocycles. The Morgan fingerprint density at radius 3 is 2.62 bits per heavy atom. The Labute approximate surface area is 178 Å². The molecule has 0 radical (unpaired) electrons. The zero-order chi connectivity index (χ0) is 20.5. The van der Waals surface area contributed by atoms with Crippen LogP contribution < -0.4 is 10.2 Å². The van der Waals surface area contributed by atoms with Gasteiger partial charge in [0.1, 0.15) is 12.4 Å². The van der Waals surface area contributed by atoms with Gasteiger partial charge >= 0.3 is 0 Å². The fourth-order valence-electron chi connectivity index (χ4n) is 2.73. The highest BCUT2D eigenvalue weighted by Crippen LogP contribution is 2.17. The molecule has 0 heterocycles. The lowest BCUT2D eigenvalue weighted by Gasteiger charge is -2.13. The molecule has 0 unspecified atom stereocenters. The minimum atomic E-state index is -0.715. The molecule has 0 spiro atoms. The first-order chi connectivity index (χ1) is 14.2.